The number of anilines is 2. The van der Waals surface area contributed by atoms with Gasteiger partial charge in [0.15, 0.2) is 16.6 Å². The highest BCUT2D eigenvalue weighted by molar-refractivity contribution is 7.22. The first-order valence-electron chi connectivity index (χ1n) is 10.2. The van der Waals surface area contributed by atoms with Crippen LogP contribution in [0.5, 0.6) is 0 Å². The van der Waals surface area contributed by atoms with E-state index in [9.17, 15) is 14.4 Å². The van der Waals surface area contributed by atoms with E-state index in [1.165, 1.54) is 29.2 Å². The summed E-state index contributed by atoms with van der Waals surface area (Å²) in [5.74, 6) is -0.455. The molecule has 162 valence electrons. The predicted octanol–water partition coefficient (Wildman–Crippen LogP) is 1.84. The van der Waals surface area contributed by atoms with E-state index in [4.69, 9.17) is 0 Å². The highest BCUT2D eigenvalue weighted by Gasteiger charge is 2.20. The molecule has 0 aliphatic carbocycles. The Morgan fingerprint density at radius 1 is 1.19 bits per heavy atom. The molecule has 0 radical (unpaired) electrons. The molecule has 0 atom stereocenters. The minimum Gasteiger partial charge on any atom is -0.345 e. The third kappa shape index (κ3) is 4.64. The van der Waals surface area contributed by atoms with Crippen molar-refractivity contribution in [2.24, 2.45) is 0 Å². The molecule has 31 heavy (non-hydrogen) atoms. The van der Waals surface area contributed by atoms with E-state index in [1.807, 2.05) is 0 Å². The van der Waals surface area contributed by atoms with Gasteiger partial charge in [-0.3, -0.25) is 19.0 Å². The number of hydrogen-bond acceptors (Lipinski definition) is 8. The smallest absolute Gasteiger partial charge is 0.273 e. The Morgan fingerprint density at radius 2 is 1.97 bits per heavy atom. The largest absolute Gasteiger partial charge is 0.345 e. The second-order valence-corrected chi connectivity index (χ2v) is 8.41. The molecular formula is C21H24N6O3S. The molecule has 1 aliphatic heterocycles. The summed E-state index contributed by atoms with van der Waals surface area (Å²) in [6, 6.07) is 6.69. The van der Waals surface area contributed by atoms with Crippen LogP contribution in [-0.2, 0) is 11.3 Å². The molecule has 0 saturated carbocycles. The Balaban J connectivity index is 1.49. The second kappa shape index (κ2) is 8.94. The topological polar surface area (TPSA) is 100 Å². The number of nitrogens with one attached hydrogen (secondary N) is 1. The lowest BCUT2D eigenvalue weighted by Crippen LogP contribution is -2.46. The summed E-state index contributed by atoms with van der Waals surface area (Å²) in [6.07, 6.45) is 1.36. The van der Waals surface area contributed by atoms with Gasteiger partial charge in [-0.05, 0) is 25.6 Å². The summed E-state index contributed by atoms with van der Waals surface area (Å²) in [6.45, 7) is 8.14. The number of carbonyl (C=O) groups excluding carboxylic acids is 2. The number of aromatic nitrogens is 3. The highest BCUT2D eigenvalue weighted by atomic mass is 32.1. The van der Waals surface area contributed by atoms with Gasteiger partial charge in [-0.2, -0.15) is 4.98 Å². The fourth-order valence-corrected chi connectivity index (χ4v) is 4.53. The van der Waals surface area contributed by atoms with E-state index >= 15 is 0 Å². The van der Waals surface area contributed by atoms with Gasteiger partial charge in [-0.1, -0.05) is 30.4 Å². The molecule has 2 aromatic heterocycles. The van der Waals surface area contributed by atoms with Crippen LogP contribution in [0, 0.1) is 0 Å². The first-order chi connectivity index (χ1) is 14.9. The molecule has 4 rings (SSSR count). The van der Waals surface area contributed by atoms with Gasteiger partial charge in [0.25, 0.3) is 5.56 Å². The Morgan fingerprint density at radius 3 is 2.68 bits per heavy atom. The number of ketones is 1. The molecule has 9 nitrogen and oxygen atoms in total. The summed E-state index contributed by atoms with van der Waals surface area (Å²) in [5.41, 5.74) is 1.14. The van der Waals surface area contributed by atoms with Gasteiger partial charge >= 0.3 is 0 Å². The number of Topliss-reactive ketones (excluding diaryl/α,β-unsaturated/α-hetero) is 1. The van der Waals surface area contributed by atoms with E-state index in [1.54, 1.807) is 24.3 Å². The number of fused-ring (bicyclic) bond motifs is 1. The third-order valence-corrected chi connectivity index (χ3v) is 6.42. The van der Waals surface area contributed by atoms with Crippen LogP contribution >= 0.6 is 11.3 Å². The average Bonchev–Trinajstić information content (AvgIpc) is 3.21. The van der Waals surface area contributed by atoms with E-state index < -0.39 is 0 Å². The number of nitrogens with zero attached hydrogens (tertiary/aromatic N) is 5. The highest BCUT2D eigenvalue weighted by Crippen LogP contribution is 2.26. The number of benzene rings is 1. The molecule has 1 fully saturated rings. The fourth-order valence-electron chi connectivity index (χ4n) is 3.51. The Hall–Kier alpha value is -3.11. The summed E-state index contributed by atoms with van der Waals surface area (Å²) in [7, 11) is 0. The lowest BCUT2D eigenvalue weighted by Gasteiger charge is -2.33. The molecule has 1 saturated heterocycles. The quantitative estimate of drug-likeness (QED) is 0.584. The maximum absolute atomic E-state index is 12.9. The lowest BCUT2D eigenvalue weighted by atomic mass is 10.1. The van der Waals surface area contributed by atoms with Gasteiger partial charge in [-0.25, -0.2) is 4.98 Å². The average molecular weight is 441 g/mol. The van der Waals surface area contributed by atoms with Gasteiger partial charge in [0.05, 0.1) is 0 Å². The van der Waals surface area contributed by atoms with Gasteiger partial charge in [-0.15, -0.1) is 0 Å². The zero-order valence-corrected chi connectivity index (χ0v) is 18.3. The summed E-state index contributed by atoms with van der Waals surface area (Å²) in [4.78, 5) is 50.2. The van der Waals surface area contributed by atoms with E-state index in [0.29, 0.717) is 21.6 Å². The van der Waals surface area contributed by atoms with Crippen molar-refractivity contribution in [1.82, 2.24) is 19.4 Å². The molecule has 3 aromatic rings. The number of rotatable bonds is 6. The maximum Gasteiger partial charge on any atom is 0.273 e. The van der Waals surface area contributed by atoms with Crippen molar-refractivity contribution in [3.8, 4) is 0 Å². The standard InChI is InChI=1S/C21H24N6O3S/c1-3-25-7-9-26(10-8-25)21-24-19-18(31-21)20(30)27(13-22-19)12-17(29)23-16-6-4-5-15(11-16)14(2)28/h4-6,11,13H,3,7-10,12H2,1-2H3,(H,23,29). The van der Waals surface area contributed by atoms with Crippen molar-refractivity contribution in [2.75, 3.05) is 42.9 Å². The van der Waals surface area contributed by atoms with Gasteiger partial charge in [0, 0.05) is 37.4 Å². The van der Waals surface area contributed by atoms with Gasteiger partial charge < -0.3 is 15.1 Å². The number of likely N-dealkylation sites (N-methyl/N-ethyl adjacent to an activating group) is 1. The van der Waals surface area contributed by atoms with Crippen LogP contribution in [0.2, 0.25) is 0 Å². The van der Waals surface area contributed by atoms with E-state index in [0.717, 1.165) is 37.9 Å². The zero-order chi connectivity index (χ0) is 22.0. The lowest BCUT2D eigenvalue weighted by molar-refractivity contribution is -0.116. The summed E-state index contributed by atoms with van der Waals surface area (Å²) in [5, 5.41) is 3.51. The number of amides is 1. The molecule has 10 heteroatoms. The minimum atomic E-state index is -0.371. The number of carbonyl (C=O) groups is 2. The first kappa shape index (κ1) is 21.1. The van der Waals surface area contributed by atoms with Crippen molar-refractivity contribution < 1.29 is 9.59 Å². The molecule has 0 unspecified atom stereocenters. The van der Waals surface area contributed by atoms with E-state index in [2.05, 4.69) is 32.0 Å². The molecule has 1 N–H and O–H groups in total. The number of hydrogen-bond donors (Lipinski definition) is 1. The monoisotopic (exact) mass is 440 g/mol. The molecule has 1 amide bonds. The summed E-state index contributed by atoms with van der Waals surface area (Å²) < 4.78 is 1.73. The number of piperazine rings is 1. The SMILES string of the molecule is CCN1CCN(c2nc3ncn(CC(=O)Nc4cccc(C(C)=O)c4)c(=O)c3s2)CC1. The van der Waals surface area contributed by atoms with Crippen LogP contribution in [0.25, 0.3) is 10.3 Å². The molecule has 1 aromatic carbocycles. The zero-order valence-electron chi connectivity index (χ0n) is 17.5. The molecule has 0 spiro atoms. The Kier molecular flexibility index (Phi) is 6.10. The van der Waals surface area contributed by atoms with Crippen molar-refractivity contribution in [3.05, 3.63) is 46.5 Å². The van der Waals surface area contributed by atoms with Crippen molar-refractivity contribution in [2.45, 2.75) is 20.4 Å². The molecule has 3 heterocycles. The van der Waals surface area contributed by atoms with Crippen LogP contribution in [-0.4, -0.2) is 63.8 Å². The Bertz CT molecular complexity index is 1180. The van der Waals surface area contributed by atoms with Crippen LogP contribution in [0.3, 0.4) is 0 Å². The van der Waals surface area contributed by atoms with Crippen molar-refractivity contribution in [1.29, 1.82) is 0 Å². The molecular weight excluding hydrogens is 416 g/mol. The first-order valence-corrected chi connectivity index (χ1v) is 11.0. The van der Waals surface area contributed by atoms with Crippen LogP contribution in [0.4, 0.5) is 10.8 Å². The van der Waals surface area contributed by atoms with Crippen LogP contribution in [0.15, 0.2) is 35.4 Å². The molecule has 1 aliphatic rings. The Labute approximate surface area is 183 Å². The maximum atomic E-state index is 12.9. The minimum absolute atomic E-state index is 0.0842. The van der Waals surface area contributed by atoms with E-state index in [-0.39, 0.29) is 23.8 Å². The normalized spacial score (nSPS) is 14.7. The number of thiazole rings is 1. The van der Waals surface area contributed by atoms with Gasteiger partial charge in [0.1, 0.15) is 17.6 Å². The summed E-state index contributed by atoms with van der Waals surface area (Å²) >= 11 is 1.32. The second-order valence-electron chi connectivity index (χ2n) is 7.43. The van der Waals surface area contributed by atoms with Crippen LogP contribution in [0.1, 0.15) is 24.2 Å². The van der Waals surface area contributed by atoms with Crippen molar-refractivity contribution >= 4 is 44.2 Å². The predicted molar refractivity (Wildman–Crippen MR) is 121 cm³/mol. The van der Waals surface area contributed by atoms with Crippen molar-refractivity contribution in [3.63, 3.8) is 0 Å². The fraction of sp³-hybridized carbons (Fsp3) is 0.381. The van der Waals surface area contributed by atoms with Gasteiger partial charge in [0.2, 0.25) is 5.91 Å². The van der Waals surface area contributed by atoms with Crippen LogP contribution < -0.4 is 15.8 Å². The molecule has 0 bridgehead atoms. The third-order valence-electron chi connectivity index (χ3n) is 5.33.